The lowest BCUT2D eigenvalue weighted by Gasteiger charge is -2.11. The van der Waals surface area contributed by atoms with Gasteiger partial charge in [-0.1, -0.05) is 64.7 Å². The third-order valence-electron chi connectivity index (χ3n) is 3.40. The van der Waals surface area contributed by atoms with Gasteiger partial charge < -0.3 is 5.11 Å². The fourth-order valence-electron chi connectivity index (χ4n) is 2.17. The van der Waals surface area contributed by atoms with Crippen molar-refractivity contribution in [2.24, 2.45) is 0 Å². The van der Waals surface area contributed by atoms with Crippen molar-refractivity contribution in [3.8, 4) is 0 Å². The van der Waals surface area contributed by atoms with Crippen LogP contribution in [0.2, 0.25) is 0 Å². The summed E-state index contributed by atoms with van der Waals surface area (Å²) in [6, 6.07) is 0. The third kappa shape index (κ3) is 15.7. The molecule has 0 fully saturated rings. The summed E-state index contributed by atoms with van der Waals surface area (Å²) in [5.41, 5.74) is 0. The van der Waals surface area contributed by atoms with Gasteiger partial charge in [-0.05, 0) is 12.8 Å². The maximum absolute atomic E-state index is 11.9. The monoisotopic (exact) mass is 282 g/mol. The van der Waals surface area contributed by atoms with Crippen LogP contribution in [0.1, 0.15) is 84.0 Å². The zero-order valence-electron chi connectivity index (χ0n) is 12.1. The quantitative estimate of drug-likeness (QED) is 0.461. The van der Waals surface area contributed by atoms with Gasteiger partial charge in [0.05, 0.1) is 6.10 Å². The van der Waals surface area contributed by atoms with Crippen molar-refractivity contribution in [1.29, 1.82) is 0 Å². The van der Waals surface area contributed by atoms with E-state index in [2.05, 4.69) is 6.92 Å². The fraction of sp³-hybridized carbons (Fsp3) is 1.00. The highest BCUT2D eigenvalue weighted by atomic mass is 19.4. The van der Waals surface area contributed by atoms with Crippen LogP contribution in [0.15, 0.2) is 0 Å². The number of unbranched alkanes of at least 4 members (excludes halogenated alkanes) is 8. The van der Waals surface area contributed by atoms with Gasteiger partial charge >= 0.3 is 6.18 Å². The molecule has 0 aromatic heterocycles. The van der Waals surface area contributed by atoms with Gasteiger partial charge in [-0.2, -0.15) is 13.2 Å². The van der Waals surface area contributed by atoms with Crippen LogP contribution in [0.3, 0.4) is 0 Å². The Balaban J connectivity index is 3.21. The number of hydrogen-bond donors (Lipinski definition) is 1. The molecule has 19 heavy (non-hydrogen) atoms. The largest absolute Gasteiger partial charge is 0.393 e. The number of hydrogen-bond acceptors (Lipinski definition) is 1. The van der Waals surface area contributed by atoms with E-state index in [9.17, 15) is 18.3 Å². The van der Waals surface area contributed by atoms with Crippen molar-refractivity contribution in [1.82, 2.24) is 0 Å². The van der Waals surface area contributed by atoms with Gasteiger partial charge in [0.1, 0.15) is 0 Å². The van der Waals surface area contributed by atoms with Crippen LogP contribution in [0.5, 0.6) is 0 Å². The number of rotatable bonds is 12. The molecule has 116 valence electrons. The summed E-state index contributed by atoms with van der Waals surface area (Å²) < 4.78 is 35.8. The molecule has 0 saturated carbocycles. The lowest BCUT2D eigenvalue weighted by Crippen LogP contribution is -2.14. The summed E-state index contributed by atoms with van der Waals surface area (Å²) in [4.78, 5) is 0. The number of aliphatic hydroxyl groups is 1. The minimum Gasteiger partial charge on any atom is -0.393 e. The highest BCUT2D eigenvalue weighted by Gasteiger charge is 2.27. The fourth-order valence-corrected chi connectivity index (χ4v) is 2.17. The van der Waals surface area contributed by atoms with E-state index in [0.29, 0.717) is 6.42 Å². The molecule has 1 N–H and O–H groups in total. The lowest BCUT2D eigenvalue weighted by molar-refractivity contribution is -0.140. The van der Waals surface area contributed by atoms with Crippen molar-refractivity contribution in [3.63, 3.8) is 0 Å². The Morgan fingerprint density at radius 2 is 1.26 bits per heavy atom. The highest BCUT2D eigenvalue weighted by molar-refractivity contribution is 4.60. The predicted molar refractivity (Wildman–Crippen MR) is 73.1 cm³/mol. The minimum absolute atomic E-state index is 0.152. The maximum Gasteiger partial charge on any atom is 0.389 e. The first-order chi connectivity index (χ1) is 8.95. The summed E-state index contributed by atoms with van der Waals surface area (Å²) in [5, 5.41) is 9.41. The van der Waals surface area contributed by atoms with E-state index < -0.39 is 18.7 Å². The summed E-state index contributed by atoms with van der Waals surface area (Å²) in [7, 11) is 0. The molecular weight excluding hydrogens is 253 g/mol. The average molecular weight is 282 g/mol. The number of halogens is 3. The van der Waals surface area contributed by atoms with E-state index in [0.717, 1.165) is 19.3 Å². The smallest absolute Gasteiger partial charge is 0.389 e. The van der Waals surface area contributed by atoms with Gasteiger partial charge in [-0.25, -0.2) is 0 Å². The van der Waals surface area contributed by atoms with Gasteiger partial charge in [0.25, 0.3) is 0 Å². The Labute approximate surface area is 115 Å². The predicted octanol–water partition coefficient (Wildman–Crippen LogP) is 5.61. The molecule has 0 aliphatic rings. The summed E-state index contributed by atoms with van der Waals surface area (Å²) in [5.74, 6) is 0. The Bertz CT molecular complexity index is 192. The SMILES string of the molecule is CCCCCCCCCCCC(O)CCC(F)(F)F. The standard InChI is InChI=1S/C15H29F3O/c1-2-3-4-5-6-7-8-9-10-11-14(19)12-13-15(16,17)18/h14,19H,2-13H2,1H3. The summed E-state index contributed by atoms with van der Waals surface area (Å²) in [6.45, 7) is 2.20. The molecule has 4 heteroatoms. The first kappa shape index (κ1) is 18.8. The topological polar surface area (TPSA) is 20.2 Å². The highest BCUT2D eigenvalue weighted by Crippen LogP contribution is 2.23. The second-order valence-corrected chi connectivity index (χ2v) is 5.42. The van der Waals surface area contributed by atoms with Crippen molar-refractivity contribution in [2.75, 3.05) is 0 Å². The third-order valence-corrected chi connectivity index (χ3v) is 3.40. The summed E-state index contributed by atoms with van der Waals surface area (Å²) in [6.07, 6.45) is 5.21. The minimum atomic E-state index is -4.14. The van der Waals surface area contributed by atoms with Crippen LogP contribution in [-0.2, 0) is 0 Å². The van der Waals surface area contributed by atoms with E-state index in [1.807, 2.05) is 0 Å². The van der Waals surface area contributed by atoms with Crippen molar-refractivity contribution >= 4 is 0 Å². The summed E-state index contributed by atoms with van der Waals surface area (Å²) >= 11 is 0. The molecule has 1 nitrogen and oxygen atoms in total. The second kappa shape index (κ2) is 11.6. The molecule has 0 saturated heterocycles. The zero-order chi connectivity index (χ0) is 14.6. The normalized spacial score (nSPS) is 13.7. The van der Waals surface area contributed by atoms with E-state index in [-0.39, 0.29) is 6.42 Å². The van der Waals surface area contributed by atoms with E-state index in [1.165, 1.54) is 38.5 Å². The zero-order valence-corrected chi connectivity index (χ0v) is 12.1. The van der Waals surface area contributed by atoms with Gasteiger partial charge in [0.15, 0.2) is 0 Å². The number of aliphatic hydroxyl groups excluding tert-OH is 1. The molecule has 0 aliphatic heterocycles. The van der Waals surface area contributed by atoms with Crippen LogP contribution >= 0.6 is 0 Å². The lowest BCUT2D eigenvalue weighted by atomic mass is 10.0. The molecule has 1 unspecified atom stereocenters. The van der Waals surface area contributed by atoms with Crippen molar-refractivity contribution in [3.05, 3.63) is 0 Å². The Kier molecular flexibility index (Phi) is 11.4. The molecule has 0 heterocycles. The van der Waals surface area contributed by atoms with Gasteiger partial charge in [-0.15, -0.1) is 0 Å². The van der Waals surface area contributed by atoms with Crippen LogP contribution < -0.4 is 0 Å². The molecule has 0 spiro atoms. The molecular formula is C15H29F3O. The van der Waals surface area contributed by atoms with Gasteiger partial charge in [0, 0.05) is 6.42 Å². The Hall–Kier alpha value is -0.250. The number of alkyl halides is 3. The molecule has 0 aliphatic carbocycles. The molecule has 0 amide bonds. The van der Waals surface area contributed by atoms with Crippen LogP contribution in [-0.4, -0.2) is 17.4 Å². The van der Waals surface area contributed by atoms with Gasteiger partial charge in [0.2, 0.25) is 0 Å². The van der Waals surface area contributed by atoms with Gasteiger partial charge in [-0.3, -0.25) is 0 Å². The first-order valence-corrected chi connectivity index (χ1v) is 7.70. The Morgan fingerprint density at radius 1 is 0.789 bits per heavy atom. The van der Waals surface area contributed by atoms with Crippen molar-refractivity contribution < 1.29 is 18.3 Å². The van der Waals surface area contributed by atoms with Crippen LogP contribution in [0.25, 0.3) is 0 Å². The molecule has 0 rings (SSSR count). The average Bonchev–Trinajstić information content (AvgIpc) is 2.33. The van der Waals surface area contributed by atoms with E-state index in [1.54, 1.807) is 0 Å². The molecule has 0 aromatic carbocycles. The molecule has 0 bridgehead atoms. The van der Waals surface area contributed by atoms with E-state index >= 15 is 0 Å². The van der Waals surface area contributed by atoms with E-state index in [4.69, 9.17) is 0 Å². The van der Waals surface area contributed by atoms with Crippen LogP contribution in [0, 0.1) is 0 Å². The van der Waals surface area contributed by atoms with Crippen LogP contribution in [0.4, 0.5) is 13.2 Å². The first-order valence-electron chi connectivity index (χ1n) is 7.70. The van der Waals surface area contributed by atoms with Crippen molar-refractivity contribution in [2.45, 2.75) is 96.3 Å². The maximum atomic E-state index is 11.9. The molecule has 1 atom stereocenters. The molecule has 0 radical (unpaired) electrons. The Morgan fingerprint density at radius 3 is 1.74 bits per heavy atom. The second-order valence-electron chi connectivity index (χ2n) is 5.42. The molecule has 0 aromatic rings.